The van der Waals surface area contributed by atoms with Gasteiger partial charge in [0.25, 0.3) is 5.91 Å². The summed E-state index contributed by atoms with van der Waals surface area (Å²) >= 11 is 0. The van der Waals surface area contributed by atoms with E-state index < -0.39 is 29.2 Å². The molecule has 148 valence electrons. The van der Waals surface area contributed by atoms with Crippen LogP contribution in [0.4, 0.5) is 26.1 Å². The third-order valence-corrected chi connectivity index (χ3v) is 3.78. The number of benzene rings is 2. The molecule has 0 aliphatic heterocycles. The minimum atomic E-state index is -0.895. The Morgan fingerprint density at radius 3 is 2.31 bits per heavy atom. The van der Waals surface area contributed by atoms with Crippen LogP contribution in [0.3, 0.4) is 0 Å². The lowest BCUT2D eigenvalue weighted by Gasteiger charge is -2.10. The van der Waals surface area contributed by atoms with Gasteiger partial charge in [0.15, 0.2) is 0 Å². The molecule has 2 N–H and O–H groups in total. The molecule has 0 bridgehead atoms. The molecule has 0 radical (unpaired) electrons. The van der Waals surface area contributed by atoms with Gasteiger partial charge in [-0.1, -0.05) is 18.2 Å². The maximum absolute atomic E-state index is 13.7. The van der Waals surface area contributed by atoms with Crippen molar-refractivity contribution in [3.63, 3.8) is 0 Å². The Labute approximate surface area is 164 Å². The second-order valence-corrected chi connectivity index (χ2v) is 5.74. The van der Waals surface area contributed by atoms with Gasteiger partial charge in [-0.2, -0.15) is 0 Å². The van der Waals surface area contributed by atoms with Crippen molar-refractivity contribution in [3.05, 3.63) is 77.6 Å². The van der Waals surface area contributed by atoms with Crippen molar-refractivity contribution < 1.29 is 23.1 Å². The SMILES string of the molecule is CCOC(=O)c1ccccc1Nc1ncc(C(=O)Nc2c(F)cccc2F)cn1. The third kappa shape index (κ3) is 4.70. The number of hydrogen-bond donors (Lipinski definition) is 2. The molecule has 3 rings (SSSR count). The van der Waals surface area contributed by atoms with Crippen molar-refractivity contribution in [2.24, 2.45) is 0 Å². The first-order chi connectivity index (χ1) is 14.0. The number of halogens is 2. The first-order valence-electron chi connectivity index (χ1n) is 8.60. The summed E-state index contributed by atoms with van der Waals surface area (Å²) in [6.07, 6.45) is 2.38. The van der Waals surface area contributed by atoms with Crippen LogP contribution in [0.1, 0.15) is 27.6 Å². The summed E-state index contributed by atoms with van der Waals surface area (Å²) in [6, 6.07) is 9.90. The highest BCUT2D eigenvalue weighted by Gasteiger charge is 2.15. The third-order valence-electron chi connectivity index (χ3n) is 3.78. The zero-order valence-electron chi connectivity index (χ0n) is 15.3. The maximum Gasteiger partial charge on any atom is 0.340 e. The largest absolute Gasteiger partial charge is 0.462 e. The average molecular weight is 398 g/mol. The smallest absolute Gasteiger partial charge is 0.340 e. The minimum Gasteiger partial charge on any atom is -0.462 e. The van der Waals surface area contributed by atoms with Crippen LogP contribution >= 0.6 is 0 Å². The van der Waals surface area contributed by atoms with E-state index in [1.807, 2.05) is 0 Å². The second kappa shape index (κ2) is 8.87. The monoisotopic (exact) mass is 398 g/mol. The molecule has 1 heterocycles. The summed E-state index contributed by atoms with van der Waals surface area (Å²) in [6.45, 7) is 1.93. The number of nitrogens with zero attached hydrogens (tertiary/aromatic N) is 2. The van der Waals surface area contributed by atoms with E-state index in [2.05, 4.69) is 20.6 Å². The van der Waals surface area contributed by atoms with Gasteiger partial charge in [0.05, 0.1) is 23.4 Å². The number of carbonyl (C=O) groups excluding carboxylic acids is 2. The van der Waals surface area contributed by atoms with Gasteiger partial charge < -0.3 is 15.4 Å². The molecule has 29 heavy (non-hydrogen) atoms. The van der Waals surface area contributed by atoms with Gasteiger partial charge in [-0.25, -0.2) is 23.5 Å². The van der Waals surface area contributed by atoms with Crippen molar-refractivity contribution in [1.82, 2.24) is 9.97 Å². The number of aromatic nitrogens is 2. The van der Waals surface area contributed by atoms with Crippen LogP contribution in [0.25, 0.3) is 0 Å². The first-order valence-corrected chi connectivity index (χ1v) is 8.60. The standard InChI is InChI=1S/C20H16F2N4O3/c1-2-29-19(28)13-6-3-4-9-16(13)25-20-23-10-12(11-24-20)18(27)26-17-14(21)7-5-8-15(17)22/h3-11H,2H2,1H3,(H,26,27)(H,23,24,25). The zero-order chi connectivity index (χ0) is 20.8. The van der Waals surface area contributed by atoms with Gasteiger partial charge in [-0.3, -0.25) is 4.79 Å². The Hall–Kier alpha value is -3.88. The van der Waals surface area contributed by atoms with E-state index in [-0.39, 0.29) is 18.1 Å². The van der Waals surface area contributed by atoms with Crippen molar-refractivity contribution in [3.8, 4) is 0 Å². The number of rotatable bonds is 6. The van der Waals surface area contributed by atoms with Crippen LogP contribution in [0.2, 0.25) is 0 Å². The maximum atomic E-state index is 13.7. The molecule has 0 fully saturated rings. The summed E-state index contributed by atoms with van der Waals surface area (Å²) in [5.41, 5.74) is 0.173. The summed E-state index contributed by atoms with van der Waals surface area (Å²) in [5, 5.41) is 5.02. The van der Waals surface area contributed by atoms with Crippen LogP contribution in [-0.4, -0.2) is 28.5 Å². The Morgan fingerprint density at radius 1 is 1.00 bits per heavy atom. The van der Waals surface area contributed by atoms with Crippen molar-refractivity contribution >= 4 is 29.2 Å². The Balaban J connectivity index is 1.74. The number of esters is 1. The fourth-order valence-electron chi connectivity index (χ4n) is 2.41. The van der Waals surface area contributed by atoms with Crippen LogP contribution in [0.5, 0.6) is 0 Å². The second-order valence-electron chi connectivity index (χ2n) is 5.74. The lowest BCUT2D eigenvalue weighted by molar-refractivity contribution is 0.0527. The molecule has 0 aliphatic rings. The Kier molecular flexibility index (Phi) is 6.08. The van der Waals surface area contributed by atoms with Crippen LogP contribution in [0.15, 0.2) is 54.9 Å². The average Bonchev–Trinajstić information content (AvgIpc) is 2.72. The molecular weight excluding hydrogens is 382 g/mol. The Morgan fingerprint density at radius 2 is 1.66 bits per heavy atom. The molecule has 0 saturated carbocycles. The lowest BCUT2D eigenvalue weighted by Crippen LogP contribution is -2.15. The molecule has 0 unspecified atom stereocenters. The van der Waals surface area contributed by atoms with Crippen LogP contribution < -0.4 is 10.6 Å². The van der Waals surface area contributed by atoms with Gasteiger partial charge in [-0.05, 0) is 31.2 Å². The van der Waals surface area contributed by atoms with Crippen LogP contribution in [0, 0.1) is 11.6 Å². The minimum absolute atomic E-state index is 0.00289. The Bertz CT molecular complexity index is 1020. The van der Waals surface area contributed by atoms with E-state index in [4.69, 9.17) is 4.74 Å². The highest BCUT2D eigenvalue weighted by atomic mass is 19.1. The number of hydrogen-bond acceptors (Lipinski definition) is 6. The summed E-state index contributed by atoms with van der Waals surface area (Å²) < 4.78 is 32.3. The van der Waals surface area contributed by atoms with Gasteiger partial charge in [0.1, 0.15) is 17.3 Å². The number of amides is 1. The van der Waals surface area contributed by atoms with E-state index in [9.17, 15) is 18.4 Å². The molecule has 7 nitrogen and oxygen atoms in total. The van der Waals surface area contributed by atoms with E-state index in [0.717, 1.165) is 12.1 Å². The predicted molar refractivity (Wildman–Crippen MR) is 102 cm³/mol. The fraction of sp³-hybridized carbons (Fsp3) is 0.100. The molecule has 1 amide bonds. The number of nitrogens with one attached hydrogen (secondary N) is 2. The molecule has 0 aliphatic carbocycles. The lowest BCUT2D eigenvalue weighted by atomic mass is 10.2. The summed E-state index contributed by atoms with van der Waals surface area (Å²) in [4.78, 5) is 32.2. The van der Waals surface area contributed by atoms with E-state index in [0.29, 0.717) is 11.3 Å². The molecule has 0 spiro atoms. The number of para-hydroxylation sites is 2. The van der Waals surface area contributed by atoms with Gasteiger partial charge in [-0.15, -0.1) is 0 Å². The van der Waals surface area contributed by atoms with Crippen molar-refractivity contribution in [2.75, 3.05) is 17.2 Å². The molecule has 0 saturated heterocycles. The van der Waals surface area contributed by atoms with E-state index >= 15 is 0 Å². The van der Waals surface area contributed by atoms with Gasteiger partial charge in [0.2, 0.25) is 5.95 Å². The molecule has 2 aromatic carbocycles. The summed E-state index contributed by atoms with van der Waals surface area (Å²) in [7, 11) is 0. The number of carbonyl (C=O) groups is 2. The molecule has 3 aromatic rings. The fourth-order valence-corrected chi connectivity index (χ4v) is 2.41. The quantitative estimate of drug-likeness (QED) is 0.611. The van der Waals surface area contributed by atoms with Crippen molar-refractivity contribution in [2.45, 2.75) is 6.92 Å². The van der Waals surface area contributed by atoms with Crippen LogP contribution in [-0.2, 0) is 4.74 Å². The number of ether oxygens (including phenoxy) is 1. The molecule has 1 aromatic heterocycles. The summed E-state index contributed by atoms with van der Waals surface area (Å²) in [5.74, 6) is -2.94. The highest BCUT2D eigenvalue weighted by molar-refractivity contribution is 6.04. The molecule has 0 atom stereocenters. The van der Waals surface area contributed by atoms with Gasteiger partial charge >= 0.3 is 5.97 Å². The first kappa shape index (κ1) is 19.9. The predicted octanol–water partition coefficient (Wildman–Crippen LogP) is 3.93. The van der Waals surface area contributed by atoms with Gasteiger partial charge in [0, 0.05) is 12.4 Å². The van der Waals surface area contributed by atoms with Crippen molar-refractivity contribution in [1.29, 1.82) is 0 Å². The molecular formula is C20H16F2N4O3. The topological polar surface area (TPSA) is 93.2 Å². The zero-order valence-corrected chi connectivity index (χ0v) is 15.3. The van der Waals surface area contributed by atoms with E-state index in [1.165, 1.54) is 18.5 Å². The highest BCUT2D eigenvalue weighted by Crippen LogP contribution is 2.21. The number of anilines is 3. The van der Waals surface area contributed by atoms with E-state index in [1.54, 1.807) is 31.2 Å². The normalized spacial score (nSPS) is 10.3. The molecule has 9 heteroatoms.